The van der Waals surface area contributed by atoms with Gasteiger partial charge >= 0.3 is 10.8 Å². The van der Waals surface area contributed by atoms with Crippen molar-refractivity contribution in [1.82, 2.24) is 4.57 Å². The second kappa shape index (κ2) is 7.34. The molecule has 0 saturated heterocycles. The van der Waals surface area contributed by atoms with Gasteiger partial charge in [0.2, 0.25) is 0 Å². The van der Waals surface area contributed by atoms with E-state index in [2.05, 4.69) is 9.46 Å². The van der Waals surface area contributed by atoms with Crippen LogP contribution in [-0.2, 0) is 21.3 Å². The summed E-state index contributed by atoms with van der Waals surface area (Å²) in [5.74, 6) is -0.671. The van der Waals surface area contributed by atoms with E-state index < -0.39 is 16.0 Å². The van der Waals surface area contributed by atoms with Crippen molar-refractivity contribution >= 4 is 54.8 Å². The van der Waals surface area contributed by atoms with Crippen molar-refractivity contribution in [2.75, 3.05) is 11.8 Å². The molecular weight excluding hydrogens is 412 g/mol. The summed E-state index contributed by atoms with van der Waals surface area (Å²) in [5, 5.41) is -0.0296. The van der Waals surface area contributed by atoms with Crippen molar-refractivity contribution in [3.8, 4) is 0 Å². The van der Waals surface area contributed by atoms with Crippen molar-refractivity contribution in [2.45, 2.75) is 18.4 Å². The van der Waals surface area contributed by atoms with E-state index in [0.717, 1.165) is 22.9 Å². The number of carbonyl (C=O) groups excluding carboxylic acids is 1. The van der Waals surface area contributed by atoms with Crippen LogP contribution in [0.1, 0.15) is 17.3 Å². The molecule has 0 radical (unpaired) electrons. The van der Waals surface area contributed by atoms with E-state index in [1.165, 1.54) is 19.2 Å². The first-order valence-corrected chi connectivity index (χ1v) is 10.5. The number of benzene rings is 2. The molecule has 0 fully saturated rings. The zero-order chi connectivity index (χ0) is 19.8. The van der Waals surface area contributed by atoms with E-state index in [1.54, 1.807) is 22.8 Å². The molecule has 142 valence electrons. The van der Waals surface area contributed by atoms with Crippen LogP contribution in [0.2, 0.25) is 5.02 Å². The minimum atomic E-state index is -4.06. The number of aromatic nitrogens is 1. The van der Waals surface area contributed by atoms with Gasteiger partial charge < -0.3 is 4.74 Å². The molecule has 10 heteroatoms. The Kier molecular flexibility index (Phi) is 5.27. The number of esters is 1. The Morgan fingerprint density at radius 1 is 1.26 bits per heavy atom. The van der Waals surface area contributed by atoms with E-state index in [1.807, 2.05) is 6.92 Å². The van der Waals surface area contributed by atoms with Gasteiger partial charge in [-0.1, -0.05) is 22.9 Å². The number of fused-ring (bicyclic) bond motifs is 1. The highest BCUT2D eigenvalue weighted by atomic mass is 35.5. The third-order valence-electron chi connectivity index (χ3n) is 3.88. The van der Waals surface area contributed by atoms with Crippen LogP contribution in [0.25, 0.3) is 10.2 Å². The van der Waals surface area contributed by atoms with Gasteiger partial charge in [0.15, 0.2) is 0 Å². The summed E-state index contributed by atoms with van der Waals surface area (Å²) in [6.45, 7) is 2.39. The zero-order valence-corrected chi connectivity index (χ0v) is 16.7. The average Bonchev–Trinajstić information content (AvgIpc) is 2.95. The summed E-state index contributed by atoms with van der Waals surface area (Å²) >= 11 is 7.06. The third-order valence-corrected chi connectivity index (χ3v) is 6.68. The molecule has 0 unspecified atom stereocenters. The number of hydrogen-bond acceptors (Lipinski definition) is 6. The smallest absolute Gasteiger partial charge is 0.337 e. The van der Waals surface area contributed by atoms with Crippen molar-refractivity contribution < 1.29 is 17.9 Å². The maximum atomic E-state index is 12.7. The fourth-order valence-electron chi connectivity index (χ4n) is 2.59. The van der Waals surface area contributed by atoms with Crippen molar-refractivity contribution in [2.24, 2.45) is 0 Å². The number of ether oxygens (including phenoxy) is 1. The molecule has 1 heterocycles. The molecule has 0 saturated carbocycles. The number of nitrogens with one attached hydrogen (secondary N) is 1. The Labute approximate surface area is 164 Å². The number of carbonyl (C=O) groups is 1. The molecule has 0 aliphatic carbocycles. The number of halogens is 1. The van der Waals surface area contributed by atoms with Crippen molar-refractivity contribution in [3.05, 3.63) is 56.7 Å². The molecule has 0 aliphatic rings. The van der Waals surface area contributed by atoms with Crippen LogP contribution in [0.3, 0.4) is 0 Å². The third kappa shape index (κ3) is 3.71. The summed E-state index contributed by atoms with van der Waals surface area (Å²) in [7, 11) is -2.85. The second-order valence-electron chi connectivity index (χ2n) is 5.54. The second-order valence-corrected chi connectivity index (χ2v) is 8.59. The largest absolute Gasteiger partial charge is 0.465 e. The highest BCUT2D eigenvalue weighted by Crippen LogP contribution is 2.27. The van der Waals surface area contributed by atoms with Gasteiger partial charge in [-0.05, 0) is 43.3 Å². The molecule has 0 amide bonds. The topological polar surface area (TPSA) is 94.5 Å². The monoisotopic (exact) mass is 426 g/mol. The predicted molar refractivity (Wildman–Crippen MR) is 105 cm³/mol. The zero-order valence-electron chi connectivity index (χ0n) is 14.4. The number of hydrogen-bond donors (Lipinski definition) is 1. The Bertz CT molecular complexity index is 1200. The maximum Gasteiger partial charge on any atom is 0.337 e. The number of sulfonamides is 1. The number of nitrogens with zero attached hydrogens (tertiary/aromatic N) is 1. The Hall–Kier alpha value is -2.36. The first-order chi connectivity index (χ1) is 12.8. The van der Waals surface area contributed by atoms with Crippen LogP contribution < -0.4 is 9.60 Å². The van der Waals surface area contributed by atoms with Gasteiger partial charge in [0, 0.05) is 6.54 Å². The van der Waals surface area contributed by atoms with Gasteiger partial charge in [0.05, 0.1) is 33.6 Å². The summed E-state index contributed by atoms with van der Waals surface area (Å²) in [6, 6.07) is 8.68. The fraction of sp³-hybridized carbons (Fsp3) is 0.176. The first kappa shape index (κ1) is 19.4. The summed E-state index contributed by atoms with van der Waals surface area (Å²) < 4.78 is 34.8. The molecule has 27 heavy (non-hydrogen) atoms. The number of aryl methyl sites for hydroxylation is 1. The molecular formula is C17H15ClN2O5S2. The van der Waals surface area contributed by atoms with Crippen LogP contribution in [0, 0.1) is 0 Å². The normalized spacial score (nSPS) is 11.5. The minimum Gasteiger partial charge on any atom is -0.465 e. The Balaban J connectivity index is 2.01. The van der Waals surface area contributed by atoms with Gasteiger partial charge in [-0.25, -0.2) is 13.2 Å². The van der Waals surface area contributed by atoms with E-state index in [4.69, 9.17) is 11.6 Å². The first-order valence-electron chi connectivity index (χ1n) is 7.81. The number of methoxy groups -OCH3 is 1. The van der Waals surface area contributed by atoms with Crippen LogP contribution in [0.4, 0.5) is 5.69 Å². The van der Waals surface area contributed by atoms with Crippen LogP contribution in [0.5, 0.6) is 0 Å². The minimum absolute atomic E-state index is 0.0296. The lowest BCUT2D eigenvalue weighted by Gasteiger charge is -2.11. The predicted octanol–water partition coefficient (Wildman–Crippen LogP) is 3.32. The van der Waals surface area contributed by atoms with E-state index in [-0.39, 0.29) is 26.0 Å². The van der Waals surface area contributed by atoms with Gasteiger partial charge in [-0.3, -0.25) is 14.1 Å². The fourth-order valence-corrected chi connectivity index (χ4v) is 5.16. The van der Waals surface area contributed by atoms with Crippen LogP contribution in [-0.4, -0.2) is 26.1 Å². The lowest BCUT2D eigenvalue weighted by atomic mass is 10.2. The molecule has 0 bridgehead atoms. The average molecular weight is 427 g/mol. The summed E-state index contributed by atoms with van der Waals surface area (Å²) in [6.07, 6.45) is 0. The molecule has 3 aromatic rings. The van der Waals surface area contributed by atoms with Crippen molar-refractivity contribution in [3.63, 3.8) is 0 Å². The lowest BCUT2D eigenvalue weighted by molar-refractivity contribution is 0.0600. The standard InChI is InChI=1S/C17H15ClN2O5S2/c1-3-20-13-7-5-11(9-14(13)26-17(20)22)19-27(23,24)15-8-10(16(21)25-2)4-6-12(15)18/h4-9,19H,3H2,1-2H3. The van der Waals surface area contributed by atoms with Gasteiger partial charge in [0.25, 0.3) is 10.0 Å². The summed E-state index contributed by atoms with van der Waals surface area (Å²) in [5.41, 5.74) is 1.09. The van der Waals surface area contributed by atoms with E-state index in [0.29, 0.717) is 11.2 Å². The molecule has 1 aromatic heterocycles. The Morgan fingerprint density at radius 2 is 2.00 bits per heavy atom. The maximum absolute atomic E-state index is 12.7. The number of rotatable bonds is 5. The molecule has 0 aliphatic heterocycles. The molecule has 0 spiro atoms. The van der Waals surface area contributed by atoms with E-state index >= 15 is 0 Å². The molecule has 0 atom stereocenters. The van der Waals surface area contributed by atoms with Crippen molar-refractivity contribution in [1.29, 1.82) is 0 Å². The highest BCUT2D eigenvalue weighted by Gasteiger charge is 2.21. The Morgan fingerprint density at radius 3 is 2.67 bits per heavy atom. The molecule has 1 N–H and O–H groups in total. The molecule has 3 rings (SSSR count). The van der Waals surface area contributed by atoms with Crippen LogP contribution in [0.15, 0.2) is 46.1 Å². The van der Waals surface area contributed by atoms with Gasteiger partial charge in [-0.2, -0.15) is 0 Å². The highest BCUT2D eigenvalue weighted by molar-refractivity contribution is 7.92. The number of anilines is 1. The SMILES string of the molecule is CCn1c(=O)sc2cc(NS(=O)(=O)c3cc(C(=O)OC)ccc3Cl)ccc21. The van der Waals surface area contributed by atoms with Gasteiger partial charge in [-0.15, -0.1) is 0 Å². The quantitative estimate of drug-likeness (QED) is 0.631. The lowest BCUT2D eigenvalue weighted by Crippen LogP contribution is -2.14. The molecule has 2 aromatic carbocycles. The van der Waals surface area contributed by atoms with E-state index in [9.17, 15) is 18.0 Å². The summed E-state index contributed by atoms with van der Waals surface area (Å²) in [4.78, 5) is 23.3. The van der Waals surface area contributed by atoms with Gasteiger partial charge in [0.1, 0.15) is 4.90 Å². The number of thiazole rings is 1. The van der Waals surface area contributed by atoms with Crippen LogP contribution >= 0.6 is 22.9 Å². The molecule has 7 nitrogen and oxygen atoms in total.